The molecule has 2 N–H and O–H groups in total. The van der Waals surface area contributed by atoms with Gasteiger partial charge in [-0.15, -0.1) is 0 Å². The van der Waals surface area contributed by atoms with Crippen molar-refractivity contribution in [2.24, 2.45) is 0 Å². The number of hydrogen-bond donors (Lipinski definition) is 2. The van der Waals surface area contributed by atoms with Gasteiger partial charge in [-0.3, -0.25) is 0 Å². The van der Waals surface area contributed by atoms with Crippen LogP contribution < -0.4 is 10.2 Å². The van der Waals surface area contributed by atoms with Gasteiger partial charge in [0, 0.05) is 42.9 Å². The molecule has 0 saturated heterocycles. The smallest absolute Gasteiger partial charge is 0.0431 e. The summed E-state index contributed by atoms with van der Waals surface area (Å²) in [5, 5.41) is 12.3. The van der Waals surface area contributed by atoms with Crippen molar-refractivity contribution in [3.05, 3.63) is 28.2 Å². The fourth-order valence-electron chi connectivity index (χ4n) is 2.11. The maximum Gasteiger partial charge on any atom is 0.0431 e. The molecule has 1 rings (SSSR count). The number of aliphatic hydroxyl groups excluding tert-OH is 1. The lowest BCUT2D eigenvalue weighted by molar-refractivity contribution is 0.283. The highest BCUT2D eigenvalue weighted by atomic mass is 79.9. The summed E-state index contributed by atoms with van der Waals surface area (Å²) < 4.78 is 1.11. The van der Waals surface area contributed by atoms with Gasteiger partial charge >= 0.3 is 0 Å². The zero-order chi connectivity index (χ0) is 15.0. The number of unbranched alkanes of at least 4 members (excludes halogenated alkanes) is 2. The quantitative estimate of drug-likeness (QED) is 0.673. The Morgan fingerprint density at radius 3 is 2.65 bits per heavy atom. The van der Waals surface area contributed by atoms with E-state index >= 15 is 0 Å². The number of halogens is 1. The second-order valence-corrected chi connectivity index (χ2v) is 6.43. The van der Waals surface area contributed by atoms with Crippen molar-refractivity contribution in [2.45, 2.75) is 45.7 Å². The Balaban J connectivity index is 2.67. The van der Waals surface area contributed by atoms with Gasteiger partial charge < -0.3 is 15.3 Å². The van der Waals surface area contributed by atoms with Gasteiger partial charge in [0.1, 0.15) is 0 Å². The second kappa shape index (κ2) is 9.37. The van der Waals surface area contributed by atoms with Crippen molar-refractivity contribution in [2.75, 3.05) is 25.1 Å². The van der Waals surface area contributed by atoms with Crippen LogP contribution in [0.2, 0.25) is 0 Å². The van der Waals surface area contributed by atoms with Gasteiger partial charge in [-0.2, -0.15) is 0 Å². The van der Waals surface area contributed by atoms with Crippen molar-refractivity contribution in [1.82, 2.24) is 5.32 Å². The Labute approximate surface area is 131 Å². The van der Waals surface area contributed by atoms with Crippen LogP contribution in [0.25, 0.3) is 0 Å². The maximum atomic E-state index is 8.82. The highest BCUT2D eigenvalue weighted by molar-refractivity contribution is 9.10. The lowest BCUT2D eigenvalue weighted by Crippen LogP contribution is -2.25. The summed E-state index contributed by atoms with van der Waals surface area (Å²) in [7, 11) is 2.14. The number of hydrogen-bond acceptors (Lipinski definition) is 3. The van der Waals surface area contributed by atoms with E-state index in [-0.39, 0.29) is 0 Å². The standard InChI is InChI=1S/C16H27BrN2O/c1-13(2)18-12-14-7-8-15(17)11-16(14)19(3)9-5-4-6-10-20/h7-8,11,13,18,20H,4-6,9-10,12H2,1-3H3. The number of nitrogens with zero attached hydrogens (tertiary/aromatic N) is 1. The average Bonchev–Trinajstić information content (AvgIpc) is 2.41. The van der Waals surface area contributed by atoms with Crippen molar-refractivity contribution in [1.29, 1.82) is 0 Å². The van der Waals surface area contributed by atoms with Crippen LogP contribution >= 0.6 is 15.9 Å². The molecule has 0 unspecified atom stereocenters. The summed E-state index contributed by atoms with van der Waals surface area (Å²) in [6.07, 6.45) is 3.09. The molecule has 0 fully saturated rings. The van der Waals surface area contributed by atoms with Crippen molar-refractivity contribution < 1.29 is 5.11 Å². The molecular formula is C16H27BrN2O. The highest BCUT2D eigenvalue weighted by Gasteiger charge is 2.08. The third-order valence-electron chi connectivity index (χ3n) is 3.31. The van der Waals surface area contributed by atoms with Crippen LogP contribution in [0.1, 0.15) is 38.7 Å². The molecule has 0 aliphatic heterocycles. The molecule has 4 heteroatoms. The van der Waals surface area contributed by atoms with Gasteiger partial charge in [-0.1, -0.05) is 35.8 Å². The van der Waals surface area contributed by atoms with E-state index in [1.54, 1.807) is 0 Å². The van der Waals surface area contributed by atoms with Crippen LogP contribution in [0.5, 0.6) is 0 Å². The van der Waals surface area contributed by atoms with E-state index in [1.807, 2.05) is 0 Å². The van der Waals surface area contributed by atoms with Crippen molar-refractivity contribution in [3.8, 4) is 0 Å². The van der Waals surface area contributed by atoms with Crippen LogP contribution in [-0.4, -0.2) is 31.3 Å². The van der Waals surface area contributed by atoms with E-state index < -0.39 is 0 Å². The molecule has 1 aromatic rings. The largest absolute Gasteiger partial charge is 0.396 e. The zero-order valence-electron chi connectivity index (χ0n) is 12.8. The zero-order valence-corrected chi connectivity index (χ0v) is 14.4. The molecule has 3 nitrogen and oxygen atoms in total. The highest BCUT2D eigenvalue weighted by Crippen LogP contribution is 2.25. The Hall–Kier alpha value is -0.580. The summed E-state index contributed by atoms with van der Waals surface area (Å²) >= 11 is 3.56. The topological polar surface area (TPSA) is 35.5 Å². The molecule has 0 amide bonds. The molecule has 20 heavy (non-hydrogen) atoms. The third kappa shape index (κ3) is 6.25. The summed E-state index contributed by atoms with van der Waals surface area (Å²) in [4.78, 5) is 2.31. The molecule has 0 saturated carbocycles. The van der Waals surface area contributed by atoms with E-state index in [0.717, 1.165) is 36.8 Å². The molecule has 0 aliphatic carbocycles. The van der Waals surface area contributed by atoms with Gasteiger partial charge in [-0.25, -0.2) is 0 Å². The van der Waals surface area contributed by atoms with E-state index in [1.165, 1.54) is 11.3 Å². The Morgan fingerprint density at radius 1 is 1.25 bits per heavy atom. The van der Waals surface area contributed by atoms with Crippen LogP contribution in [0, 0.1) is 0 Å². The molecule has 0 heterocycles. The van der Waals surface area contributed by atoms with Crippen LogP contribution in [0.3, 0.4) is 0 Å². The first-order valence-electron chi connectivity index (χ1n) is 7.38. The Morgan fingerprint density at radius 2 is 2.00 bits per heavy atom. The van der Waals surface area contributed by atoms with Crippen LogP contribution in [0.4, 0.5) is 5.69 Å². The van der Waals surface area contributed by atoms with Crippen molar-refractivity contribution >= 4 is 21.6 Å². The lowest BCUT2D eigenvalue weighted by Gasteiger charge is -2.23. The van der Waals surface area contributed by atoms with Gasteiger partial charge in [0.15, 0.2) is 0 Å². The molecule has 0 aliphatic rings. The number of anilines is 1. The summed E-state index contributed by atoms with van der Waals surface area (Å²) in [5.74, 6) is 0. The molecule has 0 atom stereocenters. The minimum absolute atomic E-state index is 0.296. The van der Waals surface area contributed by atoms with Gasteiger partial charge in [0.25, 0.3) is 0 Å². The maximum absolute atomic E-state index is 8.82. The normalized spacial score (nSPS) is 11.1. The summed E-state index contributed by atoms with van der Waals surface area (Å²) in [6.45, 7) is 6.53. The first-order valence-corrected chi connectivity index (χ1v) is 8.17. The summed E-state index contributed by atoms with van der Waals surface area (Å²) in [5.41, 5.74) is 2.60. The Bertz CT molecular complexity index is 396. The minimum atomic E-state index is 0.296. The SMILES string of the molecule is CC(C)NCc1ccc(Br)cc1N(C)CCCCCO. The van der Waals surface area contributed by atoms with E-state index in [4.69, 9.17) is 5.11 Å². The van der Waals surface area contributed by atoms with Gasteiger partial charge in [0.05, 0.1) is 0 Å². The first-order chi connectivity index (χ1) is 9.54. The summed E-state index contributed by atoms with van der Waals surface area (Å²) in [6, 6.07) is 6.95. The molecule has 0 radical (unpaired) electrons. The van der Waals surface area contributed by atoms with Crippen LogP contribution in [0.15, 0.2) is 22.7 Å². The fourth-order valence-corrected chi connectivity index (χ4v) is 2.46. The molecular weight excluding hydrogens is 316 g/mol. The van der Waals surface area contributed by atoms with Crippen LogP contribution in [-0.2, 0) is 6.54 Å². The third-order valence-corrected chi connectivity index (χ3v) is 3.80. The monoisotopic (exact) mass is 342 g/mol. The Kier molecular flexibility index (Phi) is 8.19. The molecule has 114 valence electrons. The molecule has 0 bridgehead atoms. The molecule has 0 aromatic heterocycles. The number of benzene rings is 1. The molecule has 1 aromatic carbocycles. The predicted molar refractivity (Wildman–Crippen MR) is 90.3 cm³/mol. The first kappa shape index (κ1) is 17.5. The van der Waals surface area contributed by atoms with E-state index in [9.17, 15) is 0 Å². The average molecular weight is 343 g/mol. The fraction of sp³-hybridized carbons (Fsp3) is 0.625. The van der Waals surface area contributed by atoms with E-state index in [0.29, 0.717) is 12.6 Å². The van der Waals surface area contributed by atoms with Gasteiger partial charge in [0.2, 0.25) is 0 Å². The second-order valence-electron chi connectivity index (χ2n) is 5.51. The lowest BCUT2D eigenvalue weighted by atomic mass is 10.1. The number of rotatable bonds is 9. The predicted octanol–water partition coefficient (Wildman–Crippen LogP) is 3.55. The number of aliphatic hydroxyl groups is 1. The minimum Gasteiger partial charge on any atom is -0.396 e. The van der Waals surface area contributed by atoms with Crippen molar-refractivity contribution in [3.63, 3.8) is 0 Å². The van der Waals surface area contributed by atoms with Gasteiger partial charge in [-0.05, 0) is 37.0 Å². The number of nitrogens with one attached hydrogen (secondary N) is 1. The van der Waals surface area contributed by atoms with E-state index in [2.05, 4.69) is 65.2 Å². The molecule has 0 spiro atoms.